The third-order valence-corrected chi connectivity index (χ3v) is 4.03. The van der Waals surface area contributed by atoms with Crippen LogP contribution in [-0.4, -0.2) is 20.8 Å². The number of aryl methyl sites for hydroxylation is 1. The van der Waals surface area contributed by atoms with Gasteiger partial charge in [-0.2, -0.15) is 0 Å². The summed E-state index contributed by atoms with van der Waals surface area (Å²) in [6.07, 6.45) is 3.13. The van der Waals surface area contributed by atoms with Gasteiger partial charge in [-0.15, -0.1) is 0 Å². The predicted molar refractivity (Wildman–Crippen MR) is 72.4 cm³/mol. The maximum absolute atomic E-state index is 13.6. The minimum atomic E-state index is -0.254. The molecule has 0 atom stereocenters. The van der Waals surface area contributed by atoms with Crippen LogP contribution in [0.4, 0.5) is 10.3 Å². The van der Waals surface area contributed by atoms with Crippen molar-refractivity contribution < 1.29 is 9.50 Å². The molecule has 19 heavy (non-hydrogen) atoms. The monoisotopic (exact) mass is 263 g/mol. The molecule has 3 rings (SSSR count). The van der Waals surface area contributed by atoms with Gasteiger partial charge in [0.1, 0.15) is 5.82 Å². The van der Waals surface area contributed by atoms with Crippen molar-refractivity contribution in [3.63, 3.8) is 0 Å². The van der Waals surface area contributed by atoms with Crippen LogP contribution >= 0.6 is 0 Å². The lowest BCUT2D eigenvalue weighted by Crippen LogP contribution is -2.22. The Hall–Kier alpha value is -1.62. The van der Waals surface area contributed by atoms with Gasteiger partial charge in [-0.3, -0.25) is 0 Å². The van der Waals surface area contributed by atoms with Crippen molar-refractivity contribution in [3.05, 3.63) is 23.5 Å². The predicted octanol–water partition coefficient (Wildman–Crippen LogP) is 2.54. The molecule has 0 amide bonds. The number of fused-ring (bicyclic) bond motifs is 1. The summed E-state index contributed by atoms with van der Waals surface area (Å²) in [6, 6.07) is 3.49. The van der Waals surface area contributed by atoms with E-state index in [2.05, 4.69) is 4.98 Å². The number of nitrogens with zero attached hydrogens (tertiary/aromatic N) is 2. The second-order valence-electron chi connectivity index (χ2n) is 5.39. The molecular weight excluding hydrogens is 245 g/mol. The summed E-state index contributed by atoms with van der Waals surface area (Å²) in [5.41, 5.74) is 8.08. The summed E-state index contributed by atoms with van der Waals surface area (Å²) in [7, 11) is 0. The number of imidazole rings is 1. The summed E-state index contributed by atoms with van der Waals surface area (Å²) in [5, 5.41) is 9.58. The smallest absolute Gasteiger partial charge is 0.201 e. The Bertz CT molecular complexity index is 615. The van der Waals surface area contributed by atoms with Gasteiger partial charge in [-0.25, -0.2) is 9.37 Å². The first kappa shape index (κ1) is 12.4. The van der Waals surface area contributed by atoms with Crippen LogP contribution in [0.15, 0.2) is 12.1 Å². The van der Waals surface area contributed by atoms with Crippen LogP contribution < -0.4 is 5.73 Å². The Morgan fingerprint density at radius 1 is 1.32 bits per heavy atom. The maximum atomic E-state index is 13.6. The standard InChI is InChI=1S/C14H18FN3O/c1-8-6-13-12(7-11(8)15)17-14(16)18(13)9-2-4-10(19)5-3-9/h6-7,9-10,19H,2-5H2,1H3,(H2,16,17). The van der Waals surface area contributed by atoms with Crippen LogP contribution in [-0.2, 0) is 0 Å². The van der Waals surface area contributed by atoms with Crippen LogP contribution in [0.5, 0.6) is 0 Å². The van der Waals surface area contributed by atoms with Gasteiger partial charge in [0.15, 0.2) is 0 Å². The van der Waals surface area contributed by atoms with Gasteiger partial charge in [0, 0.05) is 12.1 Å². The number of nitrogen functional groups attached to an aromatic ring is 1. The van der Waals surface area contributed by atoms with Crippen molar-refractivity contribution in [2.45, 2.75) is 44.8 Å². The van der Waals surface area contributed by atoms with Gasteiger partial charge in [0.05, 0.1) is 17.1 Å². The average Bonchev–Trinajstić information content (AvgIpc) is 2.67. The minimum absolute atomic E-state index is 0.202. The average molecular weight is 263 g/mol. The molecule has 0 radical (unpaired) electrons. The first-order valence-electron chi connectivity index (χ1n) is 6.68. The number of anilines is 1. The van der Waals surface area contributed by atoms with Crippen molar-refractivity contribution in [2.75, 3.05) is 5.73 Å². The molecule has 0 unspecified atom stereocenters. The maximum Gasteiger partial charge on any atom is 0.201 e. The van der Waals surface area contributed by atoms with Crippen molar-refractivity contribution >= 4 is 17.0 Å². The fraction of sp³-hybridized carbons (Fsp3) is 0.500. The van der Waals surface area contributed by atoms with E-state index in [0.29, 0.717) is 17.0 Å². The number of hydrogen-bond donors (Lipinski definition) is 2. The van der Waals surface area contributed by atoms with Crippen molar-refractivity contribution in [2.24, 2.45) is 0 Å². The highest BCUT2D eigenvalue weighted by atomic mass is 19.1. The van der Waals surface area contributed by atoms with E-state index >= 15 is 0 Å². The Morgan fingerprint density at radius 3 is 2.68 bits per heavy atom. The summed E-state index contributed by atoms with van der Waals surface area (Å²) >= 11 is 0. The quantitative estimate of drug-likeness (QED) is 0.831. The molecule has 1 aliphatic carbocycles. The molecule has 2 aromatic rings. The van der Waals surface area contributed by atoms with E-state index in [1.165, 1.54) is 6.07 Å². The van der Waals surface area contributed by atoms with Gasteiger partial charge >= 0.3 is 0 Å². The van der Waals surface area contributed by atoms with Crippen molar-refractivity contribution in [1.29, 1.82) is 0 Å². The minimum Gasteiger partial charge on any atom is -0.393 e. The topological polar surface area (TPSA) is 64.1 Å². The summed E-state index contributed by atoms with van der Waals surface area (Å²) in [5.74, 6) is 0.178. The molecule has 0 aliphatic heterocycles. The van der Waals surface area contributed by atoms with Crippen LogP contribution in [0.2, 0.25) is 0 Å². The second-order valence-corrected chi connectivity index (χ2v) is 5.39. The summed E-state index contributed by atoms with van der Waals surface area (Å²) < 4.78 is 15.6. The lowest BCUT2D eigenvalue weighted by atomic mass is 9.93. The molecule has 1 aliphatic rings. The number of aromatic nitrogens is 2. The zero-order valence-corrected chi connectivity index (χ0v) is 10.9. The Balaban J connectivity index is 2.07. The molecule has 1 aromatic heterocycles. The molecule has 1 saturated carbocycles. The lowest BCUT2D eigenvalue weighted by Gasteiger charge is -2.27. The SMILES string of the molecule is Cc1cc2c(cc1F)nc(N)n2C1CCC(O)CC1. The fourth-order valence-corrected chi connectivity index (χ4v) is 2.94. The number of halogens is 1. The van der Waals surface area contributed by atoms with Gasteiger partial charge in [-0.1, -0.05) is 0 Å². The molecule has 1 aromatic carbocycles. The van der Waals surface area contributed by atoms with E-state index in [4.69, 9.17) is 5.73 Å². The summed E-state index contributed by atoms with van der Waals surface area (Å²) in [6.45, 7) is 1.74. The van der Waals surface area contributed by atoms with Crippen molar-refractivity contribution in [1.82, 2.24) is 9.55 Å². The first-order chi connectivity index (χ1) is 9.06. The number of benzene rings is 1. The first-order valence-corrected chi connectivity index (χ1v) is 6.68. The van der Waals surface area contributed by atoms with E-state index in [0.717, 1.165) is 31.2 Å². The van der Waals surface area contributed by atoms with Gasteiger partial charge in [0.25, 0.3) is 0 Å². The van der Waals surface area contributed by atoms with Gasteiger partial charge in [-0.05, 0) is 44.2 Å². The molecule has 5 heteroatoms. The molecule has 0 bridgehead atoms. The van der Waals surface area contributed by atoms with E-state index in [-0.39, 0.29) is 18.0 Å². The molecule has 0 saturated heterocycles. The largest absolute Gasteiger partial charge is 0.393 e. The fourth-order valence-electron chi connectivity index (χ4n) is 2.94. The Morgan fingerprint density at radius 2 is 2.00 bits per heavy atom. The normalized spacial score (nSPS) is 23.9. The Kier molecular flexibility index (Phi) is 2.93. The molecule has 102 valence electrons. The molecule has 0 spiro atoms. The van der Waals surface area contributed by atoms with Gasteiger partial charge in [0.2, 0.25) is 5.95 Å². The second kappa shape index (κ2) is 4.49. The third-order valence-electron chi connectivity index (χ3n) is 4.03. The van der Waals surface area contributed by atoms with Crippen LogP contribution in [0, 0.1) is 12.7 Å². The molecular formula is C14H18FN3O. The zero-order chi connectivity index (χ0) is 13.6. The van der Waals surface area contributed by atoms with E-state index in [1.54, 1.807) is 13.0 Å². The lowest BCUT2D eigenvalue weighted by molar-refractivity contribution is 0.112. The highest BCUT2D eigenvalue weighted by Crippen LogP contribution is 2.34. The zero-order valence-electron chi connectivity index (χ0n) is 10.9. The number of nitrogens with two attached hydrogens (primary N) is 1. The molecule has 1 heterocycles. The number of hydrogen-bond acceptors (Lipinski definition) is 3. The van der Waals surface area contributed by atoms with E-state index < -0.39 is 0 Å². The molecule has 4 nitrogen and oxygen atoms in total. The molecule has 1 fully saturated rings. The highest BCUT2D eigenvalue weighted by Gasteiger charge is 2.24. The Labute approximate surface area is 111 Å². The number of aliphatic hydroxyl groups excluding tert-OH is 1. The van der Waals surface area contributed by atoms with Crippen LogP contribution in [0.1, 0.15) is 37.3 Å². The van der Waals surface area contributed by atoms with E-state index in [1.807, 2.05) is 4.57 Å². The van der Waals surface area contributed by atoms with Crippen LogP contribution in [0.25, 0.3) is 11.0 Å². The van der Waals surface area contributed by atoms with Crippen LogP contribution in [0.3, 0.4) is 0 Å². The number of aliphatic hydroxyl groups is 1. The van der Waals surface area contributed by atoms with Crippen molar-refractivity contribution in [3.8, 4) is 0 Å². The third kappa shape index (κ3) is 2.08. The summed E-state index contributed by atoms with van der Waals surface area (Å²) in [4.78, 5) is 4.25. The number of rotatable bonds is 1. The van der Waals surface area contributed by atoms with E-state index in [9.17, 15) is 9.50 Å². The molecule has 3 N–H and O–H groups in total. The highest BCUT2D eigenvalue weighted by molar-refractivity contribution is 5.79. The van der Waals surface area contributed by atoms with Gasteiger partial charge < -0.3 is 15.4 Å².